The summed E-state index contributed by atoms with van der Waals surface area (Å²) in [5, 5.41) is 10.3. The number of carbonyl (C=O) groups is 1. The van der Waals surface area contributed by atoms with Crippen LogP contribution in [0, 0.1) is 5.92 Å². The highest BCUT2D eigenvalue weighted by molar-refractivity contribution is 9.10. The van der Waals surface area contributed by atoms with E-state index in [2.05, 4.69) is 41.6 Å². The van der Waals surface area contributed by atoms with E-state index in [0.717, 1.165) is 30.4 Å². The summed E-state index contributed by atoms with van der Waals surface area (Å²) in [6, 6.07) is 0. The zero-order valence-electron chi connectivity index (χ0n) is 11.3. The summed E-state index contributed by atoms with van der Waals surface area (Å²) < 4.78 is 2.27. The van der Waals surface area contributed by atoms with Crippen molar-refractivity contribution in [2.75, 3.05) is 19.6 Å². The van der Waals surface area contributed by atoms with E-state index in [1.807, 2.05) is 0 Å². The number of aromatic nitrogens is 4. The van der Waals surface area contributed by atoms with Gasteiger partial charge in [0.25, 0.3) is 11.7 Å². The Morgan fingerprint density at radius 3 is 3.19 bits per heavy atom. The molecule has 0 spiro atoms. The van der Waals surface area contributed by atoms with Crippen LogP contribution in [0.2, 0.25) is 0 Å². The zero-order chi connectivity index (χ0) is 13.9. The molecule has 2 aromatic rings. The molecule has 0 radical (unpaired) electrons. The smallest absolute Gasteiger partial charge is 0.291 e. The van der Waals surface area contributed by atoms with Crippen LogP contribution in [-0.2, 0) is 0 Å². The Balaban J connectivity index is 0.00000161. The van der Waals surface area contributed by atoms with E-state index in [-0.39, 0.29) is 24.1 Å². The molecule has 0 aliphatic carbocycles. The van der Waals surface area contributed by atoms with Gasteiger partial charge in [-0.15, -0.1) is 17.5 Å². The summed E-state index contributed by atoms with van der Waals surface area (Å²) >= 11 is 3.30. The Morgan fingerprint density at radius 2 is 2.43 bits per heavy atom. The standard InChI is InChI=1S/C12H15BrN6O.ClH/c13-9-6-16-12-17-10(18-19(12)7-9)11(20)15-5-8-2-1-3-14-4-8;/h6-8,14H,1-5H2,(H,15,20);1H. The van der Waals surface area contributed by atoms with Crippen molar-refractivity contribution in [2.24, 2.45) is 5.92 Å². The van der Waals surface area contributed by atoms with Crippen LogP contribution in [0.3, 0.4) is 0 Å². The van der Waals surface area contributed by atoms with Crippen LogP contribution < -0.4 is 10.6 Å². The van der Waals surface area contributed by atoms with Gasteiger partial charge in [0.2, 0.25) is 5.82 Å². The van der Waals surface area contributed by atoms with Gasteiger partial charge in [0.15, 0.2) is 0 Å². The molecule has 3 heterocycles. The van der Waals surface area contributed by atoms with Crippen LogP contribution in [0.4, 0.5) is 0 Å². The third kappa shape index (κ3) is 3.90. The van der Waals surface area contributed by atoms with E-state index in [1.165, 1.54) is 4.52 Å². The third-order valence-electron chi connectivity index (χ3n) is 3.32. The molecule has 2 N–H and O–H groups in total. The number of amides is 1. The van der Waals surface area contributed by atoms with Gasteiger partial charge in [0.1, 0.15) is 0 Å². The number of halogens is 2. The van der Waals surface area contributed by atoms with Crippen LogP contribution in [0.1, 0.15) is 23.5 Å². The highest BCUT2D eigenvalue weighted by Crippen LogP contribution is 2.09. The van der Waals surface area contributed by atoms with Gasteiger partial charge in [-0.3, -0.25) is 4.79 Å². The van der Waals surface area contributed by atoms with Gasteiger partial charge in [0.05, 0.1) is 4.47 Å². The lowest BCUT2D eigenvalue weighted by Crippen LogP contribution is -2.38. The monoisotopic (exact) mass is 374 g/mol. The van der Waals surface area contributed by atoms with E-state index in [1.54, 1.807) is 12.4 Å². The molecule has 0 bridgehead atoms. The van der Waals surface area contributed by atoms with E-state index in [4.69, 9.17) is 0 Å². The van der Waals surface area contributed by atoms with E-state index < -0.39 is 0 Å². The Hall–Kier alpha value is -1.25. The fourth-order valence-electron chi connectivity index (χ4n) is 2.27. The largest absolute Gasteiger partial charge is 0.349 e. The maximum absolute atomic E-state index is 12.0. The summed E-state index contributed by atoms with van der Waals surface area (Å²) in [7, 11) is 0. The number of hydrogen-bond acceptors (Lipinski definition) is 5. The van der Waals surface area contributed by atoms with E-state index in [0.29, 0.717) is 18.2 Å². The van der Waals surface area contributed by atoms with Gasteiger partial charge >= 0.3 is 0 Å². The second-order valence-corrected chi connectivity index (χ2v) is 5.79. The van der Waals surface area contributed by atoms with Crippen LogP contribution in [-0.4, -0.2) is 45.1 Å². The first-order valence-corrected chi connectivity index (χ1v) is 7.38. The number of rotatable bonds is 3. The minimum absolute atomic E-state index is 0. The van der Waals surface area contributed by atoms with Crippen LogP contribution in [0.25, 0.3) is 5.78 Å². The second kappa shape index (κ2) is 7.15. The van der Waals surface area contributed by atoms with Crippen molar-refractivity contribution in [3.63, 3.8) is 0 Å². The van der Waals surface area contributed by atoms with Crippen LogP contribution in [0.5, 0.6) is 0 Å². The maximum Gasteiger partial charge on any atom is 0.291 e. The number of nitrogens with one attached hydrogen (secondary N) is 2. The summed E-state index contributed by atoms with van der Waals surface area (Å²) in [4.78, 5) is 20.2. The molecule has 21 heavy (non-hydrogen) atoms. The van der Waals surface area contributed by atoms with Gasteiger partial charge in [0, 0.05) is 18.9 Å². The molecular formula is C12H16BrClN6O. The first kappa shape index (κ1) is 16.1. The van der Waals surface area contributed by atoms with E-state index >= 15 is 0 Å². The first-order chi connectivity index (χ1) is 9.72. The summed E-state index contributed by atoms with van der Waals surface area (Å²) in [6.45, 7) is 2.67. The quantitative estimate of drug-likeness (QED) is 0.837. The highest BCUT2D eigenvalue weighted by Gasteiger charge is 2.17. The molecule has 1 aliphatic heterocycles. The topological polar surface area (TPSA) is 84.2 Å². The third-order valence-corrected chi connectivity index (χ3v) is 3.73. The average molecular weight is 376 g/mol. The molecule has 3 rings (SSSR count). The number of hydrogen-bond donors (Lipinski definition) is 2. The Kier molecular flexibility index (Phi) is 5.49. The van der Waals surface area contributed by atoms with Crippen molar-refractivity contribution in [2.45, 2.75) is 12.8 Å². The molecule has 1 saturated heterocycles. The molecular weight excluding hydrogens is 360 g/mol. The molecule has 0 saturated carbocycles. The highest BCUT2D eigenvalue weighted by atomic mass is 79.9. The molecule has 7 nitrogen and oxygen atoms in total. The van der Waals surface area contributed by atoms with Crippen LogP contribution >= 0.6 is 28.3 Å². The number of carbonyl (C=O) groups excluding carboxylic acids is 1. The molecule has 0 aromatic carbocycles. The predicted molar refractivity (Wildman–Crippen MR) is 83.7 cm³/mol. The number of piperidine rings is 1. The molecule has 1 atom stereocenters. The lowest BCUT2D eigenvalue weighted by Gasteiger charge is -2.22. The van der Waals surface area contributed by atoms with Crippen LogP contribution in [0.15, 0.2) is 16.9 Å². The minimum atomic E-state index is -0.253. The normalized spacial score (nSPS) is 18.2. The average Bonchev–Trinajstić information content (AvgIpc) is 2.89. The van der Waals surface area contributed by atoms with Crippen molar-refractivity contribution in [3.05, 3.63) is 22.7 Å². The van der Waals surface area contributed by atoms with Gasteiger partial charge in [-0.05, 0) is 47.8 Å². The summed E-state index contributed by atoms with van der Waals surface area (Å²) in [6.07, 6.45) is 5.64. The van der Waals surface area contributed by atoms with Gasteiger partial charge in [-0.2, -0.15) is 4.98 Å². The number of fused-ring (bicyclic) bond motifs is 1. The second-order valence-electron chi connectivity index (χ2n) is 4.87. The minimum Gasteiger partial charge on any atom is -0.349 e. The molecule has 2 aromatic heterocycles. The Labute approximate surface area is 136 Å². The fraction of sp³-hybridized carbons (Fsp3) is 0.500. The number of nitrogens with zero attached hydrogens (tertiary/aromatic N) is 4. The van der Waals surface area contributed by atoms with E-state index in [9.17, 15) is 4.79 Å². The molecule has 9 heteroatoms. The van der Waals surface area contributed by atoms with Crippen molar-refractivity contribution < 1.29 is 4.79 Å². The first-order valence-electron chi connectivity index (χ1n) is 6.59. The van der Waals surface area contributed by atoms with Gasteiger partial charge in [-0.1, -0.05) is 0 Å². The van der Waals surface area contributed by atoms with Crippen molar-refractivity contribution in [1.82, 2.24) is 30.2 Å². The Bertz CT molecular complexity index is 627. The van der Waals surface area contributed by atoms with Crippen molar-refractivity contribution in [1.29, 1.82) is 0 Å². The SMILES string of the molecule is Cl.O=C(NCC1CCCNC1)c1nc2ncc(Br)cn2n1. The van der Waals surface area contributed by atoms with Gasteiger partial charge in [-0.25, -0.2) is 9.50 Å². The lowest BCUT2D eigenvalue weighted by atomic mass is 10.00. The fourth-order valence-corrected chi connectivity index (χ4v) is 2.57. The predicted octanol–water partition coefficient (Wildman–Crippen LogP) is 1.04. The lowest BCUT2D eigenvalue weighted by molar-refractivity contribution is 0.0934. The summed E-state index contributed by atoms with van der Waals surface area (Å²) in [5.74, 6) is 0.797. The summed E-state index contributed by atoms with van der Waals surface area (Å²) in [5.41, 5.74) is 0. The van der Waals surface area contributed by atoms with Crippen molar-refractivity contribution in [3.8, 4) is 0 Å². The molecule has 1 fully saturated rings. The molecule has 1 amide bonds. The molecule has 114 valence electrons. The maximum atomic E-state index is 12.0. The van der Waals surface area contributed by atoms with Gasteiger partial charge < -0.3 is 10.6 Å². The Morgan fingerprint density at radius 1 is 1.57 bits per heavy atom. The zero-order valence-corrected chi connectivity index (χ0v) is 13.7. The van der Waals surface area contributed by atoms with Crippen molar-refractivity contribution >= 4 is 40.0 Å². The molecule has 1 aliphatic rings. The molecule has 1 unspecified atom stereocenters.